The van der Waals surface area contributed by atoms with Crippen molar-refractivity contribution in [3.8, 4) is 0 Å². The Bertz CT molecular complexity index is 1260. The van der Waals surface area contributed by atoms with Crippen molar-refractivity contribution in [2.24, 2.45) is 0 Å². The molecular formula is C20H20ClN5O3S. The number of anilines is 1. The average molecular weight is 446 g/mol. The maximum atomic E-state index is 13.5. The van der Waals surface area contributed by atoms with Crippen LogP contribution in [0.15, 0.2) is 41.6 Å². The number of piperidine rings is 1. The molecule has 2 aromatic heterocycles. The third kappa shape index (κ3) is 3.00. The van der Waals surface area contributed by atoms with Crippen molar-refractivity contribution in [3.63, 3.8) is 0 Å². The van der Waals surface area contributed by atoms with Crippen LogP contribution >= 0.6 is 11.6 Å². The van der Waals surface area contributed by atoms with Crippen molar-refractivity contribution in [1.82, 2.24) is 18.9 Å². The van der Waals surface area contributed by atoms with Gasteiger partial charge >= 0.3 is 0 Å². The monoisotopic (exact) mass is 445 g/mol. The molecule has 1 saturated heterocycles. The first-order valence-corrected chi connectivity index (χ1v) is 11.6. The molecule has 10 heteroatoms. The molecule has 0 saturated carbocycles. The van der Waals surface area contributed by atoms with E-state index in [1.807, 2.05) is 0 Å². The van der Waals surface area contributed by atoms with Crippen LogP contribution in [0, 0.1) is 0 Å². The van der Waals surface area contributed by atoms with Gasteiger partial charge in [-0.1, -0.05) is 11.6 Å². The Hall–Kier alpha value is -2.49. The topological polar surface area (TPSA) is 96.7 Å². The number of rotatable bonds is 3. The Balaban J connectivity index is 1.61. The van der Waals surface area contributed by atoms with Crippen LogP contribution in [0.5, 0.6) is 0 Å². The van der Waals surface area contributed by atoms with E-state index < -0.39 is 10.0 Å². The van der Waals surface area contributed by atoms with Gasteiger partial charge in [-0.25, -0.2) is 17.9 Å². The predicted octanol–water partition coefficient (Wildman–Crippen LogP) is 3.18. The molecule has 4 heterocycles. The van der Waals surface area contributed by atoms with Gasteiger partial charge in [-0.15, -0.1) is 0 Å². The van der Waals surface area contributed by atoms with Crippen LogP contribution in [0.1, 0.15) is 43.5 Å². The highest BCUT2D eigenvalue weighted by Crippen LogP contribution is 2.45. The van der Waals surface area contributed by atoms with Gasteiger partial charge in [0, 0.05) is 36.2 Å². The van der Waals surface area contributed by atoms with Crippen LogP contribution in [-0.2, 0) is 21.2 Å². The minimum absolute atomic E-state index is 0.157. The number of sulfonamides is 1. The van der Waals surface area contributed by atoms with E-state index in [4.69, 9.17) is 11.6 Å². The zero-order chi connectivity index (χ0) is 21.0. The lowest BCUT2D eigenvalue weighted by Gasteiger charge is -2.45. The normalized spacial score (nSPS) is 21.4. The van der Waals surface area contributed by atoms with Gasteiger partial charge in [0.2, 0.25) is 15.9 Å². The summed E-state index contributed by atoms with van der Waals surface area (Å²) in [4.78, 5) is 16.2. The first-order chi connectivity index (χ1) is 14.4. The number of fused-ring (bicyclic) bond motifs is 6. The lowest BCUT2D eigenvalue weighted by Crippen LogP contribution is -2.50. The molecule has 156 valence electrons. The van der Waals surface area contributed by atoms with Crippen molar-refractivity contribution < 1.29 is 13.2 Å². The van der Waals surface area contributed by atoms with Crippen molar-refractivity contribution >= 4 is 38.9 Å². The van der Waals surface area contributed by atoms with E-state index in [1.165, 1.54) is 6.92 Å². The quantitative estimate of drug-likeness (QED) is 0.667. The average Bonchev–Trinajstić information content (AvgIpc) is 3.10. The van der Waals surface area contributed by atoms with Crippen molar-refractivity contribution in [1.29, 1.82) is 0 Å². The van der Waals surface area contributed by atoms with Gasteiger partial charge in [0.25, 0.3) is 0 Å². The zero-order valence-electron chi connectivity index (χ0n) is 16.2. The molecule has 2 atom stereocenters. The third-order valence-corrected chi connectivity index (χ3v) is 8.06. The SMILES string of the molecule is CC(=O)Nc1cnn2c3c(cnc12)C1CCCC(C3)N1S(=O)(=O)c1ccc(Cl)cc1. The molecule has 2 aliphatic rings. The first kappa shape index (κ1) is 19.5. The number of benzene rings is 1. The molecule has 0 radical (unpaired) electrons. The van der Waals surface area contributed by atoms with Gasteiger partial charge in [-0.05, 0) is 43.5 Å². The highest BCUT2D eigenvalue weighted by molar-refractivity contribution is 7.89. The van der Waals surface area contributed by atoms with E-state index in [9.17, 15) is 13.2 Å². The van der Waals surface area contributed by atoms with Crippen LogP contribution < -0.4 is 5.32 Å². The number of carbonyl (C=O) groups is 1. The Labute approximate surface area is 178 Å². The summed E-state index contributed by atoms with van der Waals surface area (Å²) in [6.45, 7) is 1.44. The molecule has 1 N–H and O–H groups in total. The van der Waals surface area contributed by atoms with Gasteiger partial charge in [0.1, 0.15) is 5.69 Å². The number of amides is 1. The van der Waals surface area contributed by atoms with E-state index in [0.717, 1.165) is 30.5 Å². The fourth-order valence-electron chi connectivity index (χ4n) is 4.61. The number of nitrogens with one attached hydrogen (secondary N) is 1. The van der Waals surface area contributed by atoms with Crippen LogP contribution in [0.2, 0.25) is 5.02 Å². The second-order valence-electron chi connectivity index (χ2n) is 7.73. The second-order valence-corrected chi connectivity index (χ2v) is 10.0. The van der Waals surface area contributed by atoms with Gasteiger partial charge < -0.3 is 5.32 Å². The number of aromatic nitrogens is 3. The number of hydrogen-bond acceptors (Lipinski definition) is 5. The number of nitrogens with zero attached hydrogens (tertiary/aromatic N) is 4. The van der Waals surface area contributed by atoms with Gasteiger partial charge in [-0.2, -0.15) is 9.40 Å². The zero-order valence-corrected chi connectivity index (χ0v) is 17.8. The standard InChI is InChI=1S/C20H20ClN5O3S/c1-12(27)24-17-11-23-25-19-9-14-3-2-4-18(16(19)10-22-20(17)25)26(14)30(28,29)15-7-5-13(21)6-8-15/h5-8,10-11,14,18H,2-4,9H2,1H3,(H,24,27). The molecule has 8 nitrogen and oxygen atoms in total. The van der Waals surface area contributed by atoms with E-state index >= 15 is 0 Å². The minimum atomic E-state index is -3.68. The van der Waals surface area contributed by atoms with Crippen LogP contribution in [0.25, 0.3) is 5.65 Å². The van der Waals surface area contributed by atoms with E-state index in [2.05, 4.69) is 15.4 Å². The molecular weight excluding hydrogens is 426 g/mol. The molecule has 1 aromatic carbocycles. The summed E-state index contributed by atoms with van der Waals surface area (Å²) >= 11 is 5.95. The summed E-state index contributed by atoms with van der Waals surface area (Å²) in [6, 6.07) is 5.85. The van der Waals surface area contributed by atoms with E-state index in [-0.39, 0.29) is 22.9 Å². The summed E-state index contributed by atoms with van der Waals surface area (Å²) in [5.74, 6) is -0.193. The molecule has 3 aromatic rings. The first-order valence-electron chi connectivity index (χ1n) is 9.78. The van der Waals surface area contributed by atoms with Gasteiger partial charge in [0.05, 0.1) is 22.8 Å². The van der Waals surface area contributed by atoms with Crippen molar-refractivity contribution in [2.75, 3.05) is 5.32 Å². The van der Waals surface area contributed by atoms with Crippen molar-refractivity contribution in [2.45, 2.75) is 49.6 Å². The molecule has 5 rings (SSSR count). The summed E-state index contributed by atoms with van der Waals surface area (Å²) in [6.07, 6.45) is 6.31. The molecule has 1 fully saturated rings. The summed E-state index contributed by atoms with van der Waals surface area (Å²) in [5.41, 5.74) is 2.94. The Morgan fingerprint density at radius 3 is 2.70 bits per heavy atom. The summed E-state index contributed by atoms with van der Waals surface area (Å²) in [7, 11) is -3.68. The molecule has 2 unspecified atom stereocenters. The third-order valence-electron chi connectivity index (χ3n) is 5.83. The van der Waals surface area contributed by atoms with Crippen LogP contribution in [0.3, 0.4) is 0 Å². The van der Waals surface area contributed by atoms with Gasteiger partial charge in [-0.3, -0.25) is 4.79 Å². The maximum absolute atomic E-state index is 13.5. The molecule has 0 aliphatic carbocycles. The molecule has 2 aliphatic heterocycles. The van der Waals surface area contributed by atoms with Crippen LogP contribution in [0.4, 0.5) is 5.69 Å². The summed E-state index contributed by atoms with van der Waals surface area (Å²) in [5, 5.41) is 7.66. The largest absolute Gasteiger partial charge is 0.322 e. The Morgan fingerprint density at radius 1 is 1.20 bits per heavy atom. The predicted molar refractivity (Wildman–Crippen MR) is 112 cm³/mol. The fraction of sp³-hybridized carbons (Fsp3) is 0.350. The number of halogens is 1. The van der Waals surface area contributed by atoms with E-state index in [1.54, 1.807) is 45.5 Å². The fourth-order valence-corrected chi connectivity index (χ4v) is 6.58. The smallest absolute Gasteiger partial charge is 0.243 e. The second kappa shape index (κ2) is 7.04. The number of hydrogen-bond donors (Lipinski definition) is 1. The lowest BCUT2D eigenvalue weighted by molar-refractivity contribution is -0.114. The Morgan fingerprint density at radius 2 is 1.97 bits per heavy atom. The van der Waals surface area contributed by atoms with Crippen molar-refractivity contribution in [3.05, 3.63) is 52.9 Å². The molecule has 1 amide bonds. The maximum Gasteiger partial charge on any atom is 0.243 e. The molecule has 2 bridgehead atoms. The highest BCUT2D eigenvalue weighted by Gasteiger charge is 2.45. The number of carbonyl (C=O) groups excluding carboxylic acids is 1. The highest BCUT2D eigenvalue weighted by atomic mass is 35.5. The lowest BCUT2D eigenvalue weighted by atomic mass is 9.85. The summed E-state index contributed by atoms with van der Waals surface area (Å²) < 4.78 is 30.4. The molecule has 0 spiro atoms. The Kier molecular flexibility index (Phi) is 4.57. The van der Waals surface area contributed by atoms with Gasteiger partial charge in [0.15, 0.2) is 5.65 Å². The van der Waals surface area contributed by atoms with E-state index in [0.29, 0.717) is 22.8 Å². The molecule has 30 heavy (non-hydrogen) atoms. The van der Waals surface area contributed by atoms with Crippen LogP contribution in [-0.4, -0.2) is 39.3 Å². The minimum Gasteiger partial charge on any atom is -0.322 e.